The van der Waals surface area contributed by atoms with Crippen molar-refractivity contribution >= 4 is 16.1 Å². The molecular formula is C13H16FNO4S. The second kappa shape index (κ2) is 5.78. The van der Waals surface area contributed by atoms with Gasteiger partial charge in [0.15, 0.2) is 0 Å². The summed E-state index contributed by atoms with van der Waals surface area (Å²) in [7, 11) is -3.00. The fourth-order valence-electron chi connectivity index (χ4n) is 2.44. The molecule has 1 heterocycles. The third-order valence-electron chi connectivity index (χ3n) is 3.28. The molecule has 0 spiro atoms. The molecule has 0 aromatic heterocycles. The summed E-state index contributed by atoms with van der Waals surface area (Å²) in [5.74, 6) is -0.570. The summed E-state index contributed by atoms with van der Waals surface area (Å²) >= 11 is 0. The van der Waals surface area contributed by atoms with Crippen molar-refractivity contribution in [2.75, 3.05) is 19.4 Å². The molecule has 5 nitrogen and oxygen atoms in total. The first kappa shape index (κ1) is 14.8. The molecule has 1 aliphatic heterocycles. The van der Waals surface area contributed by atoms with E-state index in [1.54, 1.807) is 13.2 Å². The summed E-state index contributed by atoms with van der Waals surface area (Å²) in [6.45, 7) is 0.589. The van der Waals surface area contributed by atoms with Crippen molar-refractivity contribution in [1.29, 1.82) is 0 Å². The number of rotatable bonds is 5. The number of ether oxygens (including phenoxy) is 1. The van der Waals surface area contributed by atoms with E-state index in [2.05, 4.69) is 0 Å². The molecule has 0 bridgehead atoms. The smallest absolute Gasteiger partial charge is 0.302 e. The fraction of sp³-hybridized carbons (Fsp3) is 0.462. The number of likely N-dealkylation sites (tertiary alicyclic amines) is 1. The number of nitrogens with zero attached hydrogens (tertiary/aromatic N) is 1. The Balaban J connectivity index is 2.05. The van der Waals surface area contributed by atoms with Crippen LogP contribution in [0.5, 0.6) is 5.75 Å². The predicted molar refractivity (Wildman–Crippen MR) is 71.4 cm³/mol. The zero-order chi connectivity index (χ0) is 14.8. The number of carbonyl (C=O) groups excluding carboxylic acids is 1. The van der Waals surface area contributed by atoms with Crippen LogP contribution in [0, 0.1) is 5.92 Å². The van der Waals surface area contributed by atoms with Crippen molar-refractivity contribution in [3.05, 3.63) is 29.8 Å². The Morgan fingerprint density at radius 2 is 2.10 bits per heavy atom. The van der Waals surface area contributed by atoms with Crippen molar-refractivity contribution in [2.24, 2.45) is 5.92 Å². The Hall–Kier alpha value is -1.63. The molecule has 0 saturated carbocycles. The van der Waals surface area contributed by atoms with E-state index in [0.29, 0.717) is 12.3 Å². The van der Waals surface area contributed by atoms with Crippen LogP contribution >= 0.6 is 0 Å². The van der Waals surface area contributed by atoms with Gasteiger partial charge in [-0.25, -0.2) is 0 Å². The highest BCUT2D eigenvalue weighted by atomic mass is 32.3. The maximum atomic E-state index is 12.7. The maximum absolute atomic E-state index is 12.7. The molecule has 1 fully saturated rings. The van der Waals surface area contributed by atoms with E-state index in [1.165, 1.54) is 4.90 Å². The van der Waals surface area contributed by atoms with Gasteiger partial charge in [-0.05, 0) is 6.07 Å². The molecule has 1 atom stereocenters. The van der Waals surface area contributed by atoms with Crippen LogP contribution in [-0.4, -0.2) is 38.6 Å². The van der Waals surface area contributed by atoms with E-state index in [9.17, 15) is 17.1 Å². The van der Waals surface area contributed by atoms with E-state index in [0.717, 1.165) is 5.56 Å². The first-order chi connectivity index (χ1) is 9.39. The molecular weight excluding hydrogens is 285 g/mol. The average molecular weight is 301 g/mol. The van der Waals surface area contributed by atoms with Gasteiger partial charge in [-0.1, -0.05) is 18.2 Å². The molecule has 1 amide bonds. The lowest BCUT2D eigenvalue weighted by atomic mass is 10.1. The predicted octanol–water partition coefficient (Wildman–Crippen LogP) is 1.34. The number of benzene rings is 1. The number of para-hydroxylation sites is 1. The standard InChI is InChI=1S/C13H16FNO4S/c1-19-12-5-3-2-4-11(12)8-15-7-10(6-13(15)16)9-20(14,17)18/h2-5,10H,6-9H2,1H3. The maximum Gasteiger partial charge on any atom is 0.302 e. The van der Waals surface area contributed by atoms with Gasteiger partial charge in [-0.3, -0.25) is 4.79 Å². The van der Waals surface area contributed by atoms with Crippen LogP contribution in [0.15, 0.2) is 24.3 Å². The fourth-order valence-corrected chi connectivity index (χ4v) is 3.23. The van der Waals surface area contributed by atoms with Gasteiger partial charge < -0.3 is 9.64 Å². The number of halogens is 1. The number of hydrogen-bond acceptors (Lipinski definition) is 4. The van der Waals surface area contributed by atoms with Crippen molar-refractivity contribution < 1.29 is 21.8 Å². The molecule has 0 N–H and O–H groups in total. The Kier molecular flexibility index (Phi) is 4.27. The highest BCUT2D eigenvalue weighted by Gasteiger charge is 2.33. The van der Waals surface area contributed by atoms with E-state index in [4.69, 9.17) is 4.74 Å². The second-order valence-electron chi connectivity index (χ2n) is 4.86. The lowest BCUT2D eigenvalue weighted by molar-refractivity contribution is -0.128. The number of amides is 1. The normalized spacial score (nSPS) is 19.4. The topological polar surface area (TPSA) is 63.7 Å². The molecule has 1 aromatic carbocycles. The Labute approximate surface area is 117 Å². The lowest BCUT2D eigenvalue weighted by Gasteiger charge is -2.18. The summed E-state index contributed by atoms with van der Waals surface area (Å²) < 4.78 is 39.2. The molecule has 20 heavy (non-hydrogen) atoms. The largest absolute Gasteiger partial charge is 0.496 e. The quantitative estimate of drug-likeness (QED) is 0.770. The molecule has 1 saturated heterocycles. The van der Waals surface area contributed by atoms with Crippen LogP contribution in [0.25, 0.3) is 0 Å². The van der Waals surface area contributed by atoms with E-state index in [1.807, 2.05) is 18.2 Å². The van der Waals surface area contributed by atoms with Crippen LogP contribution in [0.3, 0.4) is 0 Å². The van der Waals surface area contributed by atoms with Crippen molar-refractivity contribution in [3.8, 4) is 5.75 Å². The lowest BCUT2D eigenvalue weighted by Crippen LogP contribution is -2.25. The van der Waals surface area contributed by atoms with E-state index < -0.39 is 21.9 Å². The summed E-state index contributed by atoms with van der Waals surface area (Å²) in [5.41, 5.74) is 0.840. The molecule has 110 valence electrons. The highest BCUT2D eigenvalue weighted by Crippen LogP contribution is 2.25. The second-order valence-corrected chi connectivity index (χ2v) is 6.27. The third kappa shape index (κ3) is 3.69. The highest BCUT2D eigenvalue weighted by molar-refractivity contribution is 7.86. The monoisotopic (exact) mass is 301 g/mol. The minimum atomic E-state index is -4.54. The summed E-state index contributed by atoms with van der Waals surface area (Å²) in [5, 5.41) is 0. The number of carbonyl (C=O) groups is 1. The van der Waals surface area contributed by atoms with Crippen LogP contribution in [0.1, 0.15) is 12.0 Å². The first-order valence-electron chi connectivity index (χ1n) is 6.21. The van der Waals surface area contributed by atoms with Gasteiger partial charge in [0.25, 0.3) is 0 Å². The van der Waals surface area contributed by atoms with Gasteiger partial charge in [0.2, 0.25) is 5.91 Å². The Bertz CT molecular complexity index is 602. The first-order valence-corrected chi connectivity index (χ1v) is 7.76. The van der Waals surface area contributed by atoms with Crippen LogP contribution < -0.4 is 4.74 Å². The van der Waals surface area contributed by atoms with E-state index in [-0.39, 0.29) is 18.9 Å². The number of hydrogen-bond donors (Lipinski definition) is 0. The van der Waals surface area contributed by atoms with Gasteiger partial charge in [-0.2, -0.15) is 8.42 Å². The molecule has 1 aromatic rings. The molecule has 0 radical (unpaired) electrons. The van der Waals surface area contributed by atoms with Gasteiger partial charge in [0.05, 0.1) is 12.9 Å². The molecule has 0 aliphatic carbocycles. The average Bonchev–Trinajstić information content (AvgIpc) is 2.68. The van der Waals surface area contributed by atoms with Crippen LogP contribution in [0.2, 0.25) is 0 Å². The molecule has 2 rings (SSSR count). The minimum absolute atomic E-state index is 0.0678. The molecule has 7 heteroatoms. The third-order valence-corrected chi connectivity index (χ3v) is 4.15. The zero-order valence-corrected chi connectivity index (χ0v) is 11.9. The van der Waals surface area contributed by atoms with E-state index >= 15 is 0 Å². The zero-order valence-electron chi connectivity index (χ0n) is 11.1. The van der Waals surface area contributed by atoms with Crippen LogP contribution in [0.4, 0.5) is 3.89 Å². The SMILES string of the molecule is COc1ccccc1CN1CC(CS(=O)(=O)F)CC1=O. The van der Waals surface area contributed by atoms with Gasteiger partial charge in [0, 0.05) is 31.0 Å². The van der Waals surface area contributed by atoms with Gasteiger partial charge >= 0.3 is 10.2 Å². The Morgan fingerprint density at radius 3 is 2.75 bits per heavy atom. The Morgan fingerprint density at radius 1 is 1.40 bits per heavy atom. The van der Waals surface area contributed by atoms with Crippen molar-refractivity contribution in [2.45, 2.75) is 13.0 Å². The summed E-state index contributed by atoms with van der Waals surface area (Å²) in [6, 6.07) is 7.29. The van der Waals surface area contributed by atoms with Crippen molar-refractivity contribution in [1.82, 2.24) is 4.90 Å². The molecule has 1 aliphatic rings. The van der Waals surface area contributed by atoms with Gasteiger partial charge in [0.1, 0.15) is 5.75 Å². The molecule has 1 unspecified atom stereocenters. The van der Waals surface area contributed by atoms with Crippen LogP contribution in [-0.2, 0) is 21.6 Å². The van der Waals surface area contributed by atoms with Crippen molar-refractivity contribution in [3.63, 3.8) is 0 Å². The number of methoxy groups -OCH3 is 1. The minimum Gasteiger partial charge on any atom is -0.496 e. The summed E-state index contributed by atoms with van der Waals surface area (Å²) in [4.78, 5) is 13.4. The summed E-state index contributed by atoms with van der Waals surface area (Å²) in [6.07, 6.45) is 0.0678. The van der Waals surface area contributed by atoms with Gasteiger partial charge in [-0.15, -0.1) is 3.89 Å².